The largest absolute Gasteiger partial charge is 0.497 e. The lowest BCUT2D eigenvalue weighted by Crippen LogP contribution is -2.03. The van der Waals surface area contributed by atoms with Crippen molar-refractivity contribution in [2.75, 3.05) is 12.8 Å². The van der Waals surface area contributed by atoms with Gasteiger partial charge in [0.15, 0.2) is 0 Å². The molecular weight excluding hydrogens is 238 g/mol. The lowest BCUT2D eigenvalue weighted by atomic mass is 10.2. The number of nitrogens with two attached hydrogens (primary N) is 1. The number of carboxylic acids is 1. The molecule has 4 nitrogen and oxygen atoms in total. The van der Waals surface area contributed by atoms with E-state index >= 15 is 0 Å². The van der Waals surface area contributed by atoms with Crippen LogP contribution in [0.2, 0.25) is 0 Å². The first-order valence-electron chi connectivity index (χ1n) is 3.42. The molecule has 3 N–H and O–H groups in total. The molecule has 70 valence electrons. The zero-order valence-electron chi connectivity index (χ0n) is 6.87. The Morgan fingerprint density at radius 2 is 2.23 bits per heavy atom. The first-order valence-corrected chi connectivity index (χ1v) is 4.22. The molecule has 0 aliphatic heterocycles. The van der Waals surface area contributed by atoms with Crippen molar-refractivity contribution >= 4 is 27.6 Å². The molecule has 5 heteroatoms. The van der Waals surface area contributed by atoms with E-state index in [9.17, 15) is 4.79 Å². The molecular formula is C8H8BrNO3. The van der Waals surface area contributed by atoms with E-state index in [2.05, 4.69) is 15.9 Å². The van der Waals surface area contributed by atoms with Gasteiger partial charge in [-0.25, -0.2) is 4.79 Å². The highest BCUT2D eigenvalue weighted by molar-refractivity contribution is 9.10. The van der Waals surface area contributed by atoms with E-state index in [1.54, 1.807) is 6.07 Å². The molecule has 0 aliphatic rings. The fourth-order valence-electron chi connectivity index (χ4n) is 0.888. The number of anilines is 1. The number of carbonyl (C=O) groups is 1. The maximum absolute atomic E-state index is 10.7. The fraction of sp³-hybridized carbons (Fsp3) is 0.125. The topological polar surface area (TPSA) is 72.5 Å². The van der Waals surface area contributed by atoms with Crippen LogP contribution in [0.3, 0.4) is 0 Å². The molecule has 0 saturated carbocycles. The van der Waals surface area contributed by atoms with E-state index < -0.39 is 5.97 Å². The van der Waals surface area contributed by atoms with E-state index in [0.29, 0.717) is 10.2 Å². The van der Waals surface area contributed by atoms with Crippen molar-refractivity contribution in [1.29, 1.82) is 0 Å². The van der Waals surface area contributed by atoms with Gasteiger partial charge in [0.05, 0.1) is 18.4 Å². The van der Waals surface area contributed by atoms with Gasteiger partial charge in [-0.05, 0) is 28.1 Å². The Morgan fingerprint density at radius 3 is 2.69 bits per heavy atom. The molecule has 1 aromatic carbocycles. The minimum absolute atomic E-state index is 0.0335. The zero-order valence-corrected chi connectivity index (χ0v) is 8.46. The van der Waals surface area contributed by atoms with Gasteiger partial charge in [0.2, 0.25) is 0 Å². The number of carboxylic acid groups (broad SMARTS) is 1. The van der Waals surface area contributed by atoms with Crippen molar-refractivity contribution < 1.29 is 14.6 Å². The summed E-state index contributed by atoms with van der Waals surface area (Å²) in [5.74, 6) is -0.615. The molecule has 0 aromatic heterocycles. The van der Waals surface area contributed by atoms with E-state index in [1.807, 2.05) is 0 Å². The van der Waals surface area contributed by atoms with Gasteiger partial charge >= 0.3 is 5.97 Å². The molecule has 1 rings (SSSR count). The molecule has 0 saturated heterocycles. The second-order valence-corrected chi connectivity index (χ2v) is 3.23. The molecule has 0 amide bonds. The summed E-state index contributed by atoms with van der Waals surface area (Å²) >= 11 is 3.14. The molecule has 0 aliphatic carbocycles. The monoisotopic (exact) mass is 245 g/mol. The molecule has 0 unspecified atom stereocenters. The van der Waals surface area contributed by atoms with Gasteiger partial charge in [-0.3, -0.25) is 0 Å². The smallest absolute Gasteiger partial charge is 0.337 e. The van der Waals surface area contributed by atoms with Crippen molar-refractivity contribution in [3.8, 4) is 5.75 Å². The van der Waals surface area contributed by atoms with E-state index in [1.165, 1.54) is 13.2 Å². The minimum Gasteiger partial charge on any atom is -0.497 e. The van der Waals surface area contributed by atoms with Crippen molar-refractivity contribution in [2.24, 2.45) is 0 Å². The minimum atomic E-state index is -1.07. The number of rotatable bonds is 2. The lowest BCUT2D eigenvalue weighted by Gasteiger charge is -2.06. The maximum atomic E-state index is 10.7. The third kappa shape index (κ3) is 1.92. The Balaban J connectivity index is 3.33. The van der Waals surface area contributed by atoms with Gasteiger partial charge in [0.25, 0.3) is 0 Å². The van der Waals surface area contributed by atoms with Gasteiger partial charge in [-0.15, -0.1) is 0 Å². The average molecular weight is 246 g/mol. The highest BCUT2D eigenvalue weighted by Gasteiger charge is 2.12. The Bertz CT molecular complexity index is 351. The Morgan fingerprint density at radius 1 is 1.62 bits per heavy atom. The summed E-state index contributed by atoms with van der Waals surface area (Å²) in [6.45, 7) is 0. The zero-order chi connectivity index (χ0) is 10.0. The molecule has 1 aromatic rings. The number of hydrogen-bond donors (Lipinski definition) is 2. The van der Waals surface area contributed by atoms with Gasteiger partial charge in [0.1, 0.15) is 5.75 Å². The van der Waals surface area contributed by atoms with E-state index in [0.717, 1.165) is 0 Å². The average Bonchev–Trinajstić information content (AvgIpc) is 2.09. The van der Waals surface area contributed by atoms with Crippen LogP contribution in [-0.4, -0.2) is 18.2 Å². The summed E-state index contributed by atoms with van der Waals surface area (Å²) in [7, 11) is 1.46. The standard InChI is InChI=1S/C8H8BrNO3/c1-13-4-2-5(8(11)12)7(10)6(9)3-4/h2-3H,10H2,1H3,(H,11,12). The normalized spacial score (nSPS) is 9.69. The highest BCUT2D eigenvalue weighted by atomic mass is 79.9. The second-order valence-electron chi connectivity index (χ2n) is 2.38. The van der Waals surface area contributed by atoms with Crippen molar-refractivity contribution in [2.45, 2.75) is 0 Å². The van der Waals surface area contributed by atoms with Crippen LogP contribution < -0.4 is 10.5 Å². The number of aromatic carboxylic acids is 1. The third-order valence-electron chi connectivity index (χ3n) is 1.57. The summed E-state index contributed by atoms with van der Waals surface area (Å²) < 4.78 is 5.41. The quantitative estimate of drug-likeness (QED) is 0.779. The van der Waals surface area contributed by atoms with E-state index in [-0.39, 0.29) is 11.3 Å². The molecule has 0 atom stereocenters. The van der Waals surface area contributed by atoms with Crippen LogP contribution in [0, 0.1) is 0 Å². The molecule has 13 heavy (non-hydrogen) atoms. The number of methoxy groups -OCH3 is 1. The van der Waals surface area contributed by atoms with Crippen LogP contribution >= 0.6 is 15.9 Å². The number of halogens is 1. The predicted molar refractivity (Wildman–Crippen MR) is 52.1 cm³/mol. The Labute approximate surface area is 83.4 Å². The predicted octanol–water partition coefficient (Wildman–Crippen LogP) is 1.74. The summed E-state index contributed by atoms with van der Waals surface area (Å²) in [6, 6.07) is 2.99. The van der Waals surface area contributed by atoms with Crippen LogP contribution in [0.4, 0.5) is 5.69 Å². The van der Waals surface area contributed by atoms with Crippen molar-refractivity contribution in [3.63, 3.8) is 0 Å². The number of ether oxygens (including phenoxy) is 1. The van der Waals surface area contributed by atoms with Crippen molar-refractivity contribution in [3.05, 3.63) is 22.2 Å². The highest BCUT2D eigenvalue weighted by Crippen LogP contribution is 2.28. The van der Waals surface area contributed by atoms with Crippen molar-refractivity contribution in [1.82, 2.24) is 0 Å². The van der Waals surface area contributed by atoms with Gasteiger partial charge in [-0.1, -0.05) is 0 Å². The summed E-state index contributed by atoms with van der Waals surface area (Å²) in [5.41, 5.74) is 5.76. The molecule has 0 bridgehead atoms. The second kappa shape index (κ2) is 3.66. The van der Waals surface area contributed by atoms with Gasteiger partial charge in [0, 0.05) is 4.47 Å². The molecule has 0 heterocycles. The summed E-state index contributed by atoms with van der Waals surface area (Å²) in [6.07, 6.45) is 0. The Kier molecular flexibility index (Phi) is 2.77. The number of benzene rings is 1. The fourth-order valence-corrected chi connectivity index (χ4v) is 1.33. The van der Waals surface area contributed by atoms with Crippen LogP contribution in [0.25, 0.3) is 0 Å². The summed E-state index contributed by atoms with van der Waals surface area (Å²) in [4.78, 5) is 10.7. The van der Waals surface area contributed by atoms with E-state index in [4.69, 9.17) is 15.6 Å². The van der Waals surface area contributed by atoms with Gasteiger partial charge in [-0.2, -0.15) is 0 Å². The molecule has 0 radical (unpaired) electrons. The first kappa shape index (κ1) is 9.85. The first-order chi connectivity index (χ1) is 6.06. The number of nitrogen functional groups attached to an aromatic ring is 1. The van der Waals surface area contributed by atoms with Crippen LogP contribution in [0.5, 0.6) is 5.75 Å². The SMILES string of the molecule is COc1cc(Br)c(N)c(C(=O)O)c1. The third-order valence-corrected chi connectivity index (χ3v) is 2.23. The maximum Gasteiger partial charge on any atom is 0.337 e. The number of hydrogen-bond acceptors (Lipinski definition) is 3. The van der Waals surface area contributed by atoms with Gasteiger partial charge < -0.3 is 15.6 Å². The molecule has 0 fully saturated rings. The Hall–Kier alpha value is -1.23. The van der Waals surface area contributed by atoms with Crippen LogP contribution in [0.15, 0.2) is 16.6 Å². The lowest BCUT2D eigenvalue weighted by molar-refractivity contribution is 0.0697. The van der Waals surface area contributed by atoms with Crippen LogP contribution in [-0.2, 0) is 0 Å². The summed E-state index contributed by atoms with van der Waals surface area (Å²) in [5, 5.41) is 8.75. The molecule has 0 spiro atoms. The van der Waals surface area contributed by atoms with Crippen LogP contribution in [0.1, 0.15) is 10.4 Å².